The van der Waals surface area contributed by atoms with Crippen LogP contribution in [0.15, 0.2) is 24.3 Å². The molecule has 2 rings (SSSR count). The largest absolute Gasteiger partial charge is 0.508 e. The molecule has 3 N–H and O–H groups in total. The Labute approximate surface area is 176 Å². The van der Waals surface area contributed by atoms with Crippen molar-refractivity contribution in [1.29, 1.82) is 0 Å². The molecule has 2 aromatic carbocycles. The van der Waals surface area contributed by atoms with Crippen LogP contribution in [0, 0.1) is 6.92 Å². The first-order chi connectivity index (χ1) is 13.2. The Hall–Kier alpha value is -2.45. The van der Waals surface area contributed by atoms with Gasteiger partial charge in [-0.25, -0.2) is 8.42 Å². The smallest absolute Gasteiger partial charge is 0.255 e. The highest BCUT2D eigenvalue weighted by molar-refractivity contribution is 7.92. The minimum Gasteiger partial charge on any atom is -0.508 e. The van der Waals surface area contributed by atoms with Crippen LogP contribution in [-0.4, -0.2) is 32.8 Å². The molecule has 0 saturated carbocycles. The quantitative estimate of drug-likeness (QED) is 0.643. The zero-order chi connectivity index (χ0) is 22.1. The standard InChI is InChI=1S/C20H25ClN2O5S/c1-11-14(21)7-12(8-17(11)24)19(25)22-15-9-13(20(2,3)4)10-16(18(15)28-5)23-29(6,26)27/h7-10,23-24H,1-6H3,(H,22,25). The van der Waals surface area contributed by atoms with E-state index in [-0.39, 0.29) is 38.9 Å². The van der Waals surface area contributed by atoms with E-state index in [0.29, 0.717) is 5.56 Å². The van der Waals surface area contributed by atoms with Crippen LogP contribution in [0.1, 0.15) is 42.3 Å². The van der Waals surface area contributed by atoms with Gasteiger partial charge in [-0.2, -0.15) is 0 Å². The lowest BCUT2D eigenvalue weighted by molar-refractivity contribution is 0.102. The summed E-state index contributed by atoms with van der Waals surface area (Å²) in [7, 11) is -2.20. The normalized spacial score (nSPS) is 11.8. The van der Waals surface area contributed by atoms with Crippen molar-refractivity contribution in [1.82, 2.24) is 0 Å². The first-order valence-corrected chi connectivity index (χ1v) is 11.0. The van der Waals surface area contributed by atoms with Crippen LogP contribution in [-0.2, 0) is 15.4 Å². The fourth-order valence-corrected chi connectivity index (χ4v) is 3.41. The summed E-state index contributed by atoms with van der Waals surface area (Å²) in [5.41, 5.74) is 1.57. The van der Waals surface area contributed by atoms with E-state index in [4.69, 9.17) is 16.3 Å². The number of nitrogens with one attached hydrogen (secondary N) is 2. The Balaban J connectivity index is 2.58. The fourth-order valence-electron chi connectivity index (χ4n) is 2.64. The maximum Gasteiger partial charge on any atom is 0.255 e. The second kappa shape index (κ2) is 8.12. The SMILES string of the molecule is COc1c(NC(=O)c2cc(O)c(C)c(Cl)c2)cc(C(C)(C)C)cc1NS(C)(=O)=O. The molecule has 9 heteroatoms. The molecule has 158 valence electrons. The van der Waals surface area contributed by atoms with Gasteiger partial charge in [-0.1, -0.05) is 32.4 Å². The van der Waals surface area contributed by atoms with Crippen molar-refractivity contribution in [3.63, 3.8) is 0 Å². The number of rotatable bonds is 5. The molecule has 29 heavy (non-hydrogen) atoms. The maximum absolute atomic E-state index is 12.8. The molecule has 0 bridgehead atoms. The van der Waals surface area contributed by atoms with E-state index >= 15 is 0 Å². The minimum atomic E-state index is -3.58. The van der Waals surface area contributed by atoms with E-state index in [1.807, 2.05) is 20.8 Å². The highest BCUT2D eigenvalue weighted by Crippen LogP contribution is 2.39. The van der Waals surface area contributed by atoms with Crippen molar-refractivity contribution in [2.45, 2.75) is 33.1 Å². The molecule has 2 aromatic rings. The molecule has 0 unspecified atom stereocenters. The van der Waals surface area contributed by atoms with Gasteiger partial charge >= 0.3 is 0 Å². The van der Waals surface area contributed by atoms with Gasteiger partial charge in [-0.3, -0.25) is 9.52 Å². The number of amides is 1. The van der Waals surface area contributed by atoms with Crippen molar-refractivity contribution in [2.75, 3.05) is 23.4 Å². The molecule has 0 aliphatic rings. The van der Waals surface area contributed by atoms with Crippen LogP contribution in [0.4, 0.5) is 11.4 Å². The summed E-state index contributed by atoms with van der Waals surface area (Å²) in [4.78, 5) is 12.8. The van der Waals surface area contributed by atoms with Crippen LogP contribution >= 0.6 is 11.6 Å². The third-order valence-electron chi connectivity index (χ3n) is 4.28. The van der Waals surface area contributed by atoms with Crippen LogP contribution in [0.3, 0.4) is 0 Å². The van der Waals surface area contributed by atoms with Crippen molar-refractivity contribution >= 4 is 38.9 Å². The first-order valence-electron chi connectivity index (χ1n) is 8.73. The molecule has 0 radical (unpaired) electrons. The van der Waals surface area contributed by atoms with Gasteiger partial charge in [-0.05, 0) is 42.2 Å². The van der Waals surface area contributed by atoms with Gasteiger partial charge in [0.15, 0.2) is 5.75 Å². The van der Waals surface area contributed by atoms with Gasteiger partial charge in [-0.15, -0.1) is 0 Å². The number of phenols is 1. The predicted molar refractivity (Wildman–Crippen MR) is 116 cm³/mol. The second-order valence-electron chi connectivity index (χ2n) is 7.79. The summed E-state index contributed by atoms with van der Waals surface area (Å²) in [6.45, 7) is 7.52. The molecule has 0 aliphatic carbocycles. The van der Waals surface area contributed by atoms with Gasteiger partial charge in [0.05, 0.1) is 24.7 Å². The lowest BCUT2D eigenvalue weighted by Gasteiger charge is -2.24. The van der Waals surface area contributed by atoms with Crippen molar-refractivity contribution in [2.24, 2.45) is 0 Å². The Morgan fingerprint density at radius 2 is 1.72 bits per heavy atom. The van der Waals surface area contributed by atoms with Crippen molar-refractivity contribution in [3.8, 4) is 11.5 Å². The molecular weight excluding hydrogens is 416 g/mol. The number of ether oxygens (including phenoxy) is 1. The summed E-state index contributed by atoms with van der Waals surface area (Å²) in [5, 5.41) is 12.9. The van der Waals surface area contributed by atoms with Crippen LogP contribution in [0.2, 0.25) is 5.02 Å². The molecule has 0 heterocycles. The monoisotopic (exact) mass is 440 g/mol. The van der Waals surface area contributed by atoms with E-state index < -0.39 is 15.9 Å². The molecule has 7 nitrogen and oxygen atoms in total. The highest BCUT2D eigenvalue weighted by Gasteiger charge is 2.22. The molecular formula is C20H25ClN2O5S. The topological polar surface area (TPSA) is 105 Å². The van der Waals surface area contributed by atoms with Gasteiger partial charge in [0.2, 0.25) is 10.0 Å². The molecule has 0 spiro atoms. The lowest BCUT2D eigenvalue weighted by Crippen LogP contribution is -2.18. The number of halogens is 1. The predicted octanol–water partition coefficient (Wildman–Crippen LogP) is 4.28. The van der Waals surface area contributed by atoms with E-state index in [2.05, 4.69) is 10.0 Å². The number of hydrogen-bond acceptors (Lipinski definition) is 5. The molecule has 0 aliphatic heterocycles. The van der Waals surface area contributed by atoms with E-state index in [9.17, 15) is 18.3 Å². The average Bonchev–Trinajstić information content (AvgIpc) is 2.56. The number of aromatic hydroxyl groups is 1. The molecule has 0 aromatic heterocycles. The molecule has 1 amide bonds. The Kier molecular flexibility index (Phi) is 6.39. The van der Waals surface area contributed by atoms with Crippen LogP contribution in [0.25, 0.3) is 0 Å². The van der Waals surface area contributed by atoms with Gasteiger partial charge in [0.25, 0.3) is 5.91 Å². The molecule has 0 saturated heterocycles. The average molecular weight is 441 g/mol. The van der Waals surface area contributed by atoms with Gasteiger partial charge in [0, 0.05) is 16.1 Å². The Morgan fingerprint density at radius 1 is 1.14 bits per heavy atom. The van der Waals surface area contributed by atoms with E-state index in [1.54, 1.807) is 19.1 Å². The Morgan fingerprint density at radius 3 is 2.21 bits per heavy atom. The second-order valence-corrected chi connectivity index (χ2v) is 9.94. The number of hydrogen-bond donors (Lipinski definition) is 3. The third kappa shape index (κ3) is 5.55. The zero-order valence-corrected chi connectivity index (χ0v) is 18.7. The summed E-state index contributed by atoms with van der Waals surface area (Å²) in [6.07, 6.45) is 1.03. The number of methoxy groups -OCH3 is 1. The maximum atomic E-state index is 12.8. The number of carbonyl (C=O) groups excluding carboxylic acids is 1. The lowest BCUT2D eigenvalue weighted by atomic mass is 9.86. The Bertz CT molecular complexity index is 1040. The number of phenolic OH excluding ortho intramolecular Hbond substituents is 1. The summed E-state index contributed by atoms with van der Waals surface area (Å²) >= 11 is 6.07. The van der Waals surface area contributed by atoms with Crippen molar-refractivity contribution in [3.05, 3.63) is 46.0 Å². The summed E-state index contributed by atoms with van der Waals surface area (Å²) < 4.78 is 31.4. The van der Waals surface area contributed by atoms with Crippen molar-refractivity contribution < 1.29 is 23.1 Å². The first kappa shape index (κ1) is 22.8. The van der Waals surface area contributed by atoms with E-state index in [0.717, 1.165) is 11.8 Å². The number of sulfonamides is 1. The van der Waals surface area contributed by atoms with Crippen LogP contribution in [0.5, 0.6) is 11.5 Å². The van der Waals surface area contributed by atoms with Crippen LogP contribution < -0.4 is 14.8 Å². The fraction of sp³-hybridized carbons (Fsp3) is 0.350. The number of carbonyl (C=O) groups is 1. The highest BCUT2D eigenvalue weighted by atomic mass is 35.5. The molecule has 0 atom stereocenters. The minimum absolute atomic E-state index is 0.0995. The number of benzene rings is 2. The zero-order valence-electron chi connectivity index (χ0n) is 17.2. The van der Waals surface area contributed by atoms with E-state index in [1.165, 1.54) is 19.2 Å². The van der Waals surface area contributed by atoms with Gasteiger partial charge < -0.3 is 15.2 Å². The molecule has 0 fully saturated rings. The number of anilines is 2. The van der Waals surface area contributed by atoms with Gasteiger partial charge in [0.1, 0.15) is 5.75 Å². The third-order valence-corrected chi connectivity index (χ3v) is 5.27. The summed E-state index contributed by atoms with van der Waals surface area (Å²) in [5.74, 6) is -0.464. The summed E-state index contributed by atoms with van der Waals surface area (Å²) in [6, 6.07) is 6.15.